The number of hydrogen-bond donors (Lipinski definition) is 1. The van der Waals surface area contributed by atoms with Gasteiger partial charge >= 0.3 is 0 Å². The quantitative estimate of drug-likeness (QED) is 0.610. The minimum absolute atomic E-state index is 0.00993. The summed E-state index contributed by atoms with van der Waals surface area (Å²) < 4.78 is 5.70. The maximum Gasteiger partial charge on any atom is 0.109 e. The fourth-order valence-electron chi connectivity index (χ4n) is 1.34. The average Bonchev–Trinajstić information content (AvgIpc) is 2.26. The fraction of sp³-hybridized carbons (Fsp3) is 0.538. The highest BCUT2D eigenvalue weighted by Crippen LogP contribution is 2.09. The van der Waals surface area contributed by atoms with Gasteiger partial charge in [-0.1, -0.05) is 30.3 Å². The van der Waals surface area contributed by atoms with Crippen LogP contribution in [0, 0.1) is 0 Å². The molecule has 2 nitrogen and oxygen atoms in total. The minimum Gasteiger partial charge on any atom is -0.371 e. The number of alkyl halides is 1. The third kappa shape index (κ3) is 4.97. The predicted molar refractivity (Wildman–Crippen MR) is 68.6 cm³/mol. The summed E-state index contributed by atoms with van der Waals surface area (Å²) in [4.78, 5) is 0. The third-order valence-electron chi connectivity index (χ3n) is 2.26. The molecule has 0 fully saturated rings. The smallest absolute Gasteiger partial charge is 0.109 e. The minimum atomic E-state index is -0.149. The lowest BCUT2D eigenvalue weighted by Crippen LogP contribution is -2.39. The molecule has 1 aromatic carbocycles. The highest BCUT2D eigenvalue weighted by Gasteiger charge is 2.15. The van der Waals surface area contributed by atoms with Gasteiger partial charge in [0.1, 0.15) is 5.50 Å². The molecule has 0 aliphatic rings. The Labute approximate surface area is 103 Å². The Morgan fingerprint density at radius 3 is 2.38 bits per heavy atom. The third-order valence-corrected chi connectivity index (χ3v) is 2.74. The molecule has 0 aliphatic carbocycles. The number of nitrogens with one attached hydrogen (secondary N) is 1. The second-order valence-corrected chi connectivity index (χ2v) is 4.70. The van der Waals surface area contributed by atoms with Crippen molar-refractivity contribution < 1.29 is 4.74 Å². The largest absolute Gasteiger partial charge is 0.371 e. The molecule has 1 aromatic rings. The maximum atomic E-state index is 6.16. The number of benzene rings is 1. The molecule has 1 rings (SSSR count). The van der Waals surface area contributed by atoms with Gasteiger partial charge in [-0.15, -0.1) is 11.6 Å². The van der Waals surface area contributed by atoms with Gasteiger partial charge in [0.25, 0.3) is 0 Å². The van der Waals surface area contributed by atoms with Crippen molar-refractivity contribution in [2.24, 2.45) is 0 Å². The molecule has 3 heteroatoms. The summed E-state index contributed by atoms with van der Waals surface area (Å²) in [6.45, 7) is 6.72. The summed E-state index contributed by atoms with van der Waals surface area (Å²) in [6, 6.07) is 10.5. The molecule has 16 heavy (non-hydrogen) atoms. The van der Waals surface area contributed by atoms with E-state index in [1.165, 1.54) is 5.56 Å². The van der Waals surface area contributed by atoms with Crippen LogP contribution in [0.3, 0.4) is 0 Å². The Balaban J connectivity index is 2.32. The molecule has 90 valence electrons. The van der Waals surface area contributed by atoms with E-state index >= 15 is 0 Å². The van der Waals surface area contributed by atoms with Gasteiger partial charge in [-0.25, -0.2) is 0 Å². The van der Waals surface area contributed by atoms with Gasteiger partial charge in [-0.3, -0.25) is 5.32 Å². The van der Waals surface area contributed by atoms with Gasteiger partial charge in [0.05, 0.1) is 12.7 Å². The fourth-order valence-corrected chi connectivity index (χ4v) is 1.67. The van der Waals surface area contributed by atoms with Gasteiger partial charge in [0.15, 0.2) is 0 Å². The molecule has 0 heterocycles. The molecule has 2 unspecified atom stereocenters. The Kier molecular flexibility index (Phi) is 5.81. The van der Waals surface area contributed by atoms with E-state index < -0.39 is 0 Å². The van der Waals surface area contributed by atoms with Crippen molar-refractivity contribution in [3.8, 4) is 0 Å². The van der Waals surface area contributed by atoms with Crippen molar-refractivity contribution in [2.45, 2.75) is 45.0 Å². The Bertz CT molecular complexity index is 289. The second kappa shape index (κ2) is 6.89. The molecule has 0 bridgehead atoms. The Hall–Kier alpha value is -0.570. The van der Waals surface area contributed by atoms with Crippen molar-refractivity contribution in [1.82, 2.24) is 5.32 Å². The average molecular weight is 242 g/mol. The van der Waals surface area contributed by atoms with E-state index in [1.54, 1.807) is 0 Å². The van der Waals surface area contributed by atoms with E-state index in [9.17, 15) is 0 Å². The maximum absolute atomic E-state index is 6.16. The van der Waals surface area contributed by atoms with Crippen LogP contribution in [0.15, 0.2) is 30.3 Å². The molecule has 0 amide bonds. The van der Waals surface area contributed by atoms with E-state index in [0.717, 1.165) is 0 Å². The summed E-state index contributed by atoms with van der Waals surface area (Å²) in [5, 5.41) is 3.22. The van der Waals surface area contributed by atoms with Crippen LogP contribution in [0.2, 0.25) is 0 Å². The van der Waals surface area contributed by atoms with Crippen molar-refractivity contribution in [3.63, 3.8) is 0 Å². The van der Waals surface area contributed by atoms with Crippen molar-refractivity contribution in [3.05, 3.63) is 35.9 Å². The van der Waals surface area contributed by atoms with Crippen LogP contribution in [0.5, 0.6) is 0 Å². The molecule has 0 spiro atoms. The summed E-state index contributed by atoms with van der Waals surface area (Å²) in [7, 11) is 0. The lowest BCUT2D eigenvalue weighted by atomic mass is 10.2. The zero-order valence-electron chi connectivity index (χ0n) is 10.1. The van der Waals surface area contributed by atoms with Crippen LogP contribution in [0.1, 0.15) is 26.3 Å². The van der Waals surface area contributed by atoms with Crippen LogP contribution < -0.4 is 5.32 Å². The molecular formula is C13H20ClNO. The number of ether oxygens (including phenoxy) is 1. The van der Waals surface area contributed by atoms with E-state index in [-0.39, 0.29) is 11.6 Å². The number of halogens is 1. The predicted octanol–water partition coefficient (Wildman–Crippen LogP) is 3.15. The highest BCUT2D eigenvalue weighted by molar-refractivity contribution is 6.20. The van der Waals surface area contributed by atoms with Gasteiger partial charge in [0.2, 0.25) is 0 Å². The molecule has 0 aliphatic heterocycles. The van der Waals surface area contributed by atoms with Crippen LogP contribution in [0.25, 0.3) is 0 Å². The van der Waals surface area contributed by atoms with E-state index in [4.69, 9.17) is 16.3 Å². The molecule has 0 aromatic heterocycles. The standard InChI is InChI=1S/C13H20ClNO/c1-10(2)15-13(14)11(3)16-9-12-7-5-4-6-8-12/h4-8,10-11,13,15H,9H2,1-3H3. The monoisotopic (exact) mass is 241 g/mol. The summed E-state index contributed by atoms with van der Waals surface area (Å²) >= 11 is 6.16. The molecule has 0 saturated carbocycles. The molecular weight excluding hydrogens is 222 g/mol. The first-order chi connectivity index (χ1) is 7.59. The SMILES string of the molecule is CC(C)NC(Cl)C(C)OCc1ccccc1. The topological polar surface area (TPSA) is 21.3 Å². The van der Waals surface area contributed by atoms with Crippen LogP contribution in [-0.4, -0.2) is 17.6 Å². The highest BCUT2D eigenvalue weighted by atomic mass is 35.5. The van der Waals surface area contributed by atoms with Crippen molar-refractivity contribution in [1.29, 1.82) is 0 Å². The first-order valence-corrected chi connectivity index (χ1v) is 6.09. The van der Waals surface area contributed by atoms with Gasteiger partial charge in [-0.2, -0.15) is 0 Å². The summed E-state index contributed by atoms with van der Waals surface area (Å²) in [5.41, 5.74) is 1.02. The molecule has 1 N–H and O–H groups in total. The number of hydrogen-bond acceptors (Lipinski definition) is 2. The summed E-state index contributed by atoms with van der Waals surface area (Å²) in [5.74, 6) is 0. The lowest BCUT2D eigenvalue weighted by Gasteiger charge is -2.22. The van der Waals surface area contributed by atoms with E-state index in [2.05, 4.69) is 19.2 Å². The Morgan fingerprint density at radius 1 is 1.19 bits per heavy atom. The van der Waals surface area contributed by atoms with Crippen LogP contribution in [0.4, 0.5) is 0 Å². The van der Waals surface area contributed by atoms with Crippen LogP contribution >= 0.6 is 11.6 Å². The van der Waals surface area contributed by atoms with E-state index in [1.807, 2.05) is 37.3 Å². The molecule has 2 atom stereocenters. The van der Waals surface area contributed by atoms with Crippen molar-refractivity contribution in [2.75, 3.05) is 0 Å². The second-order valence-electron chi connectivity index (χ2n) is 4.22. The first kappa shape index (κ1) is 13.5. The summed E-state index contributed by atoms with van der Waals surface area (Å²) in [6.07, 6.45) is -0.00993. The molecule has 0 radical (unpaired) electrons. The first-order valence-electron chi connectivity index (χ1n) is 5.65. The number of rotatable bonds is 6. The lowest BCUT2D eigenvalue weighted by molar-refractivity contribution is 0.0430. The van der Waals surface area contributed by atoms with Gasteiger partial charge in [0, 0.05) is 6.04 Å². The van der Waals surface area contributed by atoms with Gasteiger partial charge < -0.3 is 4.74 Å². The zero-order valence-corrected chi connectivity index (χ0v) is 10.9. The van der Waals surface area contributed by atoms with Crippen LogP contribution in [-0.2, 0) is 11.3 Å². The normalized spacial score (nSPS) is 15.1. The zero-order chi connectivity index (χ0) is 12.0. The van der Waals surface area contributed by atoms with Gasteiger partial charge in [-0.05, 0) is 26.3 Å². The Morgan fingerprint density at radius 2 is 1.81 bits per heavy atom. The molecule has 0 saturated heterocycles. The van der Waals surface area contributed by atoms with Crippen molar-refractivity contribution >= 4 is 11.6 Å². The van der Waals surface area contributed by atoms with E-state index in [0.29, 0.717) is 12.6 Å².